The van der Waals surface area contributed by atoms with E-state index in [2.05, 4.69) is 5.32 Å². The summed E-state index contributed by atoms with van der Waals surface area (Å²) < 4.78 is 7.46. The highest BCUT2D eigenvalue weighted by atomic mass is 32.1. The summed E-state index contributed by atoms with van der Waals surface area (Å²) in [5, 5.41) is 6.06. The SMILES string of the molecule is CC1(C(=O)NCc2ccccc2)Cn2c(cc3ccsc32)C(=O)N1Cc1ccco1. The van der Waals surface area contributed by atoms with Crippen LogP contribution in [0.2, 0.25) is 0 Å². The van der Waals surface area contributed by atoms with E-state index in [1.165, 1.54) is 0 Å². The van der Waals surface area contributed by atoms with Gasteiger partial charge in [-0.3, -0.25) is 9.59 Å². The van der Waals surface area contributed by atoms with Crippen LogP contribution in [0.25, 0.3) is 10.2 Å². The van der Waals surface area contributed by atoms with Crippen LogP contribution in [-0.2, 0) is 24.4 Å². The molecule has 1 aliphatic rings. The third kappa shape index (κ3) is 3.02. The number of amides is 2. The van der Waals surface area contributed by atoms with Crippen LogP contribution in [0.1, 0.15) is 28.7 Å². The lowest BCUT2D eigenvalue weighted by atomic mass is 9.94. The van der Waals surface area contributed by atoms with Crippen LogP contribution in [0.4, 0.5) is 0 Å². The summed E-state index contributed by atoms with van der Waals surface area (Å²) in [6.45, 7) is 2.86. The van der Waals surface area contributed by atoms with Gasteiger partial charge in [0, 0.05) is 11.9 Å². The first-order valence-electron chi connectivity index (χ1n) is 9.79. The van der Waals surface area contributed by atoms with Gasteiger partial charge in [0.05, 0.1) is 19.4 Å². The second-order valence-corrected chi connectivity index (χ2v) is 8.60. The van der Waals surface area contributed by atoms with E-state index in [1.54, 1.807) is 28.6 Å². The molecular weight excluding hydrogens is 398 g/mol. The van der Waals surface area contributed by atoms with Gasteiger partial charge in [0.1, 0.15) is 21.8 Å². The lowest BCUT2D eigenvalue weighted by molar-refractivity contribution is -0.133. The number of nitrogens with zero attached hydrogens (tertiary/aromatic N) is 2. The molecule has 0 saturated heterocycles. The largest absolute Gasteiger partial charge is 0.467 e. The molecule has 0 bridgehead atoms. The monoisotopic (exact) mass is 419 g/mol. The molecule has 7 heteroatoms. The number of carbonyl (C=O) groups is 2. The van der Waals surface area contributed by atoms with Gasteiger partial charge in [0.2, 0.25) is 5.91 Å². The van der Waals surface area contributed by atoms with Gasteiger partial charge in [-0.1, -0.05) is 30.3 Å². The van der Waals surface area contributed by atoms with Crippen molar-refractivity contribution in [1.29, 1.82) is 0 Å². The molecular formula is C23H21N3O3S. The van der Waals surface area contributed by atoms with Crippen LogP contribution in [0.5, 0.6) is 0 Å². The predicted molar refractivity (Wildman–Crippen MR) is 115 cm³/mol. The number of benzene rings is 1. The summed E-state index contributed by atoms with van der Waals surface area (Å²) in [5.74, 6) is 0.293. The summed E-state index contributed by atoms with van der Waals surface area (Å²) >= 11 is 1.58. The van der Waals surface area contributed by atoms with E-state index in [4.69, 9.17) is 4.42 Å². The summed E-state index contributed by atoms with van der Waals surface area (Å²) in [7, 11) is 0. The fourth-order valence-electron chi connectivity index (χ4n) is 4.03. The number of hydrogen-bond donors (Lipinski definition) is 1. The number of fused-ring (bicyclic) bond motifs is 3. The van der Waals surface area contributed by atoms with Gasteiger partial charge in [0.15, 0.2) is 0 Å². The first-order valence-corrected chi connectivity index (χ1v) is 10.7. The third-order valence-corrected chi connectivity index (χ3v) is 6.66. The summed E-state index contributed by atoms with van der Waals surface area (Å²) in [6, 6.07) is 17.3. The quantitative estimate of drug-likeness (QED) is 0.531. The molecule has 30 heavy (non-hydrogen) atoms. The van der Waals surface area contributed by atoms with E-state index >= 15 is 0 Å². The predicted octanol–water partition coefficient (Wildman–Crippen LogP) is 4.03. The van der Waals surface area contributed by atoms with Crippen molar-refractivity contribution in [2.75, 3.05) is 0 Å². The number of thiophene rings is 1. The van der Waals surface area contributed by atoms with Crippen molar-refractivity contribution < 1.29 is 14.0 Å². The average molecular weight is 420 g/mol. The number of rotatable bonds is 5. The highest BCUT2D eigenvalue weighted by Crippen LogP contribution is 2.35. The Hall–Kier alpha value is -3.32. The number of aromatic nitrogens is 1. The zero-order valence-corrected chi connectivity index (χ0v) is 17.3. The fraction of sp³-hybridized carbons (Fsp3) is 0.217. The third-order valence-electron chi connectivity index (χ3n) is 5.71. The minimum Gasteiger partial charge on any atom is -0.467 e. The van der Waals surface area contributed by atoms with Gasteiger partial charge in [-0.25, -0.2) is 0 Å². The first-order chi connectivity index (χ1) is 14.6. The number of nitrogens with one attached hydrogen (secondary N) is 1. The van der Waals surface area contributed by atoms with Crippen LogP contribution in [0.15, 0.2) is 70.7 Å². The van der Waals surface area contributed by atoms with Crippen molar-refractivity contribution in [3.05, 3.63) is 83.3 Å². The molecule has 0 radical (unpaired) electrons. The number of furan rings is 1. The second-order valence-electron chi connectivity index (χ2n) is 7.71. The smallest absolute Gasteiger partial charge is 0.271 e. The molecule has 0 fully saturated rings. The summed E-state index contributed by atoms with van der Waals surface area (Å²) in [4.78, 5) is 29.6. The van der Waals surface area contributed by atoms with E-state index in [0.717, 1.165) is 15.8 Å². The fourth-order valence-corrected chi connectivity index (χ4v) is 4.93. The molecule has 0 spiro atoms. The minimum absolute atomic E-state index is 0.168. The molecule has 6 nitrogen and oxygen atoms in total. The zero-order valence-electron chi connectivity index (χ0n) is 16.5. The van der Waals surface area contributed by atoms with E-state index in [-0.39, 0.29) is 18.4 Å². The van der Waals surface area contributed by atoms with E-state index < -0.39 is 5.54 Å². The topological polar surface area (TPSA) is 67.5 Å². The van der Waals surface area contributed by atoms with Gasteiger partial charge >= 0.3 is 0 Å². The second kappa shape index (κ2) is 7.18. The van der Waals surface area contributed by atoms with E-state index in [9.17, 15) is 9.59 Å². The normalized spacial score (nSPS) is 18.6. The van der Waals surface area contributed by atoms with Crippen LogP contribution in [0.3, 0.4) is 0 Å². The molecule has 1 atom stereocenters. The van der Waals surface area contributed by atoms with Crippen molar-refractivity contribution in [2.24, 2.45) is 0 Å². The molecule has 152 valence electrons. The molecule has 3 aromatic heterocycles. The number of hydrogen-bond acceptors (Lipinski definition) is 4. The van der Waals surface area contributed by atoms with Crippen molar-refractivity contribution in [1.82, 2.24) is 14.8 Å². The van der Waals surface area contributed by atoms with Crippen molar-refractivity contribution in [3.8, 4) is 0 Å². The van der Waals surface area contributed by atoms with Crippen molar-refractivity contribution >= 4 is 33.4 Å². The average Bonchev–Trinajstić information content (AvgIpc) is 3.49. The standard InChI is InChI=1S/C23H21N3O3S/c1-23(22(28)24-13-16-6-3-2-4-7-16)15-25-19(12-17-9-11-30-21(17)25)20(27)26(23)14-18-8-5-10-29-18/h2-12H,13-15H2,1H3,(H,24,28). The maximum absolute atomic E-state index is 13.5. The van der Waals surface area contributed by atoms with Crippen LogP contribution >= 0.6 is 11.3 Å². The van der Waals surface area contributed by atoms with Crippen LogP contribution in [0, 0.1) is 0 Å². The Morgan fingerprint density at radius 1 is 1.20 bits per heavy atom. The Labute approximate surface area is 177 Å². The molecule has 1 aliphatic heterocycles. The summed E-state index contributed by atoms with van der Waals surface area (Å²) in [6.07, 6.45) is 1.58. The molecule has 1 unspecified atom stereocenters. The van der Waals surface area contributed by atoms with Gasteiger partial charge in [-0.2, -0.15) is 0 Å². The molecule has 5 rings (SSSR count). The molecule has 4 aromatic rings. The summed E-state index contributed by atoms with van der Waals surface area (Å²) in [5.41, 5.74) is 0.565. The Bertz CT molecular complexity index is 1210. The molecule has 2 amide bonds. The number of carbonyl (C=O) groups excluding carboxylic acids is 2. The lowest BCUT2D eigenvalue weighted by Gasteiger charge is -2.43. The Balaban J connectivity index is 1.51. The van der Waals surface area contributed by atoms with Gasteiger partial charge in [0.25, 0.3) is 5.91 Å². The molecule has 4 heterocycles. The Kier molecular flexibility index (Phi) is 4.47. The lowest BCUT2D eigenvalue weighted by Crippen LogP contribution is -2.63. The molecule has 0 aliphatic carbocycles. The van der Waals surface area contributed by atoms with Crippen molar-refractivity contribution in [3.63, 3.8) is 0 Å². The van der Waals surface area contributed by atoms with Gasteiger partial charge < -0.3 is 19.2 Å². The maximum Gasteiger partial charge on any atom is 0.271 e. The molecule has 1 N–H and O–H groups in total. The highest BCUT2D eigenvalue weighted by molar-refractivity contribution is 7.16. The Morgan fingerprint density at radius 2 is 2.03 bits per heavy atom. The van der Waals surface area contributed by atoms with Crippen LogP contribution < -0.4 is 5.32 Å². The zero-order chi connectivity index (χ0) is 20.7. The Morgan fingerprint density at radius 3 is 2.80 bits per heavy atom. The van der Waals surface area contributed by atoms with E-state index in [0.29, 0.717) is 24.5 Å². The molecule has 0 saturated carbocycles. The van der Waals surface area contributed by atoms with Gasteiger partial charge in [-0.05, 0) is 42.1 Å². The maximum atomic E-state index is 13.5. The minimum atomic E-state index is -1.05. The van der Waals surface area contributed by atoms with E-state index in [1.807, 2.05) is 65.4 Å². The van der Waals surface area contributed by atoms with Crippen molar-refractivity contribution in [2.45, 2.75) is 32.1 Å². The first kappa shape index (κ1) is 18.7. The molecule has 1 aromatic carbocycles. The van der Waals surface area contributed by atoms with Gasteiger partial charge in [-0.15, -0.1) is 11.3 Å². The van der Waals surface area contributed by atoms with Crippen LogP contribution in [-0.4, -0.2) is 26.8 Å². The highest BCUT2D eigenvalue weighted by Gasteiger charge is 2.48.